The molecule has 0 N–H and O–H groups in total. The Morgan fingerprint density at radius 1 is 0.339 bits per heavy atom. The fourth-order valence-corrected chi connectivity index (χ4v) is 8.20. The summed E-state index contributed by atoms with van der Waals surface area (Å²) in [5.41, 5.74) is 5.08. The minimum atomic E-state index is -0.416. The van der Waals surface area contributed by atoms with E-state index >= 15 is 0 Å². The number of ether oxygens (including phenoxy) is 2. The highest BCUT2D eigenvalue weighted by Gasteiger charge is 2.25. The number of carbonyl (C=O) groups excluding carboxylic acids is 2. The summed E-state index contributed by atoms with van der Waals surface area (Å²) in [5.74, 6) is 0.207. The zero-order chi connectivity index (χ0) is 37.9. The molecule has 0 heterocycles. The normalized spacial score (nSPS) is 11.5. The average Bonchev–Trinajstić information content (AvgIpc) is 3.23. The number of benzene rings is 10. The lowest BCUT2D eigenvalue weighted by molar-refractivity contribution is 0.0730. The van der Waals surface area contributed by atoms with Crippen molar-refractivity contribution in [1.82, 2.24) is 0 Å². The van der Waals surface area contributed by atoms with Crippen LogP contribution in [-0.2, 0) is 0 Å². The van der Waals surface area contributed by atoms with Gasteiger partial charge in [-0.3, -0.25) is 0 Å². The lowest BCUT2D eigenvalue weighted by atomic mass is 9.85. The Kier molecular flexibility index (Phi) is 7.86. The third-order valence-corrected chi connectivity index (χ3v) is 10.9. The van der Waals surface area contributed by atoms with Gasteiger partial charge in [0, 0.05) is 21.5 Å². The van der Waals surface area contributed by atoms with E-state index in [2.05, 4.69) is 62.4 Å². The van der Waals surface area contributed by atoms with Gasteiger partial charge in [-0.05, 0) is 104 Å². The molecule has 10 aromatic carbocycles. The molecule has 56 heavy (non-hydrogen) atoms. The van der Waals surface area contributed by atoms with E-state index in [0.29, 0.717) is 22.6 Å². The predicted octanol–water partition coefficient (Wildman–Crippen LogP) is 13.3. The third kappa shape index (κ3) is 5.54. The first-order valence-electron chi connectivity index (χ1n) is 18.7. The van der Waals surface area contributed by atoms with E-state index in [1.165, 1.54) is 0 Å². The van der Waals surface area contributed by atoms with Crippen molar-refractivity contribution in [3.8, 4) is 22.6 Å². The molecule has 0 saturated carbocycles. The Morgan fingerprint density at radius 2 is 0.696 bits per heavy atom. The van der Waals surface area contributed by atoms with Gasteiger partial charge in [0.2, 0.25) is 0 Å². The number of rotatable bonds is 5. The lowest BCUT2D eigenvalue weighted by Gasteiger charge is -2.22. The molecule has 0 atom stereocenters. The summed E-state index contributed by atoms with van der Waals surface area (Å²) >= 11 is 0. The van der Waals surface area contributed by atoms with Gasteiger partial charge in [0.25, 0.3) is 0 Å². The van der Waals surface area contributed by atoms with Crippen molar-refractivity contribution in [2.45, 2.75) is 13.8 Å². The molecule has 0 bridgehead atoms. The second kappa shape index (κ2) is 13.2. The van der Waals surface area contributed by atoms with Gasteiger partial charge in [-0.25, -0.2) is 9.59 Å². The van der Waals surface area contributed by atoms with Crippen LogP contribution in [0.4, 0.5) is 0 Å². The van der Waals surface area contributed by atoms with Crippen molar-refractivity contribution < 1.29 is 19.1 Å². The summed E-state index contributed by atoms with van der Waals surface area (Å²) in [6.07, 6.45) is 0. The van der Waals surface area contributed by atoms with Crippen LogP contribution in [0.3, 0.4) is 0 Å². The van der Waals surface area contributed by atoms with E-state index < -0.39 is 11.9 Å². The Bertz CT molecular complexity index is 3050. The average molecular weight is 723 g/mol. The van der Waals surface area contributed by atoms with E-state index in [1.807, 2.05) is 121 Å². The highest BCUT2D eigenvalue weighted by molar-refractivity contribution is 6.27. The van der Waals surface area contributed by atoms with Crippen LogP contribution in [0.1, 0.15) is 31.8 Å². The van der Waals surface area contributed by atoms with Crippen molar-refractivity contribution in [1.29, 1.82) is 0 Å². The van der Waals surface area contributed by atoms with Gasteiger partial charge in [-0.1, -0.05) is 145 Å². The molecule has 10 rings (SSSR count). The zero-order valence-corrected chi connectivity index (χ0v) is 30.8. The van der Waals surface area contributed by atoms with Gasteiger partial charge >= 0.3 is 11.9 Å². The quantitative estimate of drug-likeness (QED) is 0.101. The first-order valence-corrected chi connectivity index (χ1v) is 18.7. The molecular formula is C52H34O4. The van der Waals surface area contributed by atoms with Crippen LogP contribution in [0.2, 0.25) is 0 Å². The van der Waals surface area contributed by atoms with Gasteiger partial charge < -0.3 is 9.47 Å². The first-order chi connectivity index (χ1) is 27.4. The summed E-state index contributed by atoms with van der Waals surface area (Å²) in [4.78, 5) is 28.0. The van der Waals surface area contributed by atoms with Crippen LogP contribution in [0.15, 0.2) is 170 Å². The molecular weight excluding hydrogens is 689 g/mol. The van der Waals surface area contributed by atoms with Crippen LogP contribution >= 0.6 is 0 Å². The summed E-state index contributed by atoms with van der Waals surface area (Å²) in [7, 11) is 0. The lowest BCUT2D eigenvalue weighted by Crippen LogP contribution is -2.10. The van der Waals surface area contributed by atoms with E-state index in [4.69, 9.17) is 9.47 Å². The van der Waals surface area contributed by atoms with E-state index in [-0.39, 0.29) is 0 Å². The molecule has 0 fully saturated rings. The molecule has 0 aliphatic carbocycles. The van der Waals surface area contributed by atoms with Gasteiger partial charge in [-0.15, -0.1) is 0 Å². The minimum Gasteiger partial charge on any atom is -0.422 e. The third-order valence-electron chi connectivity index (χ3n) is 10.9. The number of aryl methyl sites for hydroxylation is 2. The summed E-state index contributed by atoms with van der Waals surface area (Å²) < 4.78 is 12.9. The molecule has 0 radical (unpaired) electrons. The number of esters is 2. The second-order valence-corrected chi connectivity index (χ2v) is 14.5. The topological polar surface area (TPSA) is 52.6 Å². The van der Waals surface area contributed by atoms with Crippen molar-refractivity contribution in [2.24, 2.45) is 0 Å². The number of carbonyl (C=O) groups is 2. The molecule has 0 aromatic heterocycles. The molecule has 0 spiro atoms. The largest absolute Gasteiger partial charge is 0.422 e. The fourth-order valence-electron chi connectivity index (χ4n) is 8.20. The molecule has 0 aliphatic rings. The van der Waals surface area contributed by atoms with Crippen LogP contribution in [0.25, 0.3) is 75.8 Å². The summed E-state index contributed by atoms with van der Waals surface area (Å²) in [6.45, 7) is 4.10. The zero-order valence-electron chi connectivity index (χ0n) is 30.8. The van der Waals surface area contributed by atoms with Crippen molar-refractivity contribution in [2.75, 3.05) is 0 Å². The van der Waals surface area contributed by atoms with Gasteiger partial charge in [0.1, 0.15) is 11.5 Å². The molecule has 4 heteroatoms. The van der Waals surface area contributed by atoms with Crippen LogP contribution in [0, 0.1) is 13.8 Å². The van der Waals surface area contributed by atoms with Crippen LogP contribution in [-0.4, -0.2) is 11.9 Å². The molecule has 10 aromatic rings. The summed E-state index contributed by atoms with van der Waals surface area (Å²) in [5, 5.41) is 11.2. The van der Waals surface area contributed by atoms with E-state index in [0.717, 1.165) is 86.9 Å². The molecule has 0 saturated heterocycles. The Morgan fingerprint density at radius 3 is 1.12 bits per heavy atom. The van der Waals surface area contributed by atoms with Crippen LogP contribution < -0.4 is 9.47 Å². The predicted molar refractivity (Wildman–Crippen MR) is 229 cm³/mol. The standard InChI is InChI=1S/C52H34O4/c1-31-19-25-41-45(27-31)49(55-51(53)37-23-21-33-11-3-5-13-35(33)29-37)43-17-9-7-15-39(43)47(41)48-40-16-8-10-18-44(40)50(46-28-32(2)20-26-42(46)48)56-52(54)38-24-22-34-12-4-6-14-36(34)30-38/h3-30H,1-2H3. The van der Waals surface area contributed by atoms with E-state index in [9.17, 15) is 9.59 Å². The number of hydrogen-bond donors (Lipinski definition) is 0. The Labute approximate surface area is 323 Å². The highest BCUT2D eigenvalue weighted by atomic mass is 16.5. The minimum absolute atomic E-state index is 0.416. The highest BCUT2D eigenvalue weighted by Crippen LogP contribution is 2.50. The molecule has 4 nitrogen and oxygen atoms in total. The maximum Gasteiger partial charge on any atom is 0.343 e. The molecule has 266 valence electrons. The van der Waals surface area contributed by atoms with Gasteiger partial charge in [0.05, 0.1) is 11.1 Å². The van der Waals surface area contributed by atoms with Crippen molar-refractivity contribution in [3.63, 3.8) is 0 Å². The smallest absolute Gasteiger partial charge is 0.343 e. The first kappa shape index (κ1) is 33.3. The van der Waals surface area contributed by atoms with Gasteiger partial charge in [0.15, 0.2) is 0 Å². The van der Waals surface area contributed by atoms with Crippen molar-refractivity contribution in [3.05, 3.63) is 192 Å². The molecule has 0 amide bonds. The fraction of sp³-hybridized carbons (Fsp3) is 0.0385. The Hall–Kier alpha value is -7.30. The molecule has 0 aliphatic heterocycles. The second-order valence-electron chi connectivity index (χ2n) is 14.5. The van der Waals surface area contributed by atoms with E-state index in [1.54, 1.807) is 0 Å². The maximum absolute atomic E-state index is 14.0. The van der Waals surface area contributed by atoms with Crippen LogP contribution in [0.5, 0.6) is 11.5 Å². The monoisotopic (exact) mass is 722 g/mol. The van der Waals surface area contributed by atoms with Crippen molar-refractivity contribution >= 4 is 76.6 Å². The summed E-state index contributed by atoms with van der Waals surface area (Å²) in [6, 6.07) is 56.2. The maximum atomic E-state index is 14.0. The SMILES string of the molecule is Cc1ccc2c(-c3c4ccccc4c(OC(=O)c4ccc5ccccc5c4)c4cc(C)ccc34)c3ccccc3c(OC(=O)c3ccc4ccccc4c3)c2c1. The van der Waals surface area contributed by atoms with Gasteiger partial charge in [-0.2, -0.15) is 0 Å². The molecule has 0 unspecified atom stereocenters. The number of hydrogen-bond acceptors (Lipinski definition) is 4. The Balaban J connectivity index is 1.20. The number of fused-ring (bicyclic) bond motifs is 6.